The molecule has 1 unspecified atom stereocenters. The minimum Gasteiger partial charge on any atom is -0.430 e. The van der Waals surface area contributed by atoms with Crippen molar-refractivity contribution in [3.8, 4) is 0 Å². The summed E-state index contributed by atoms with van der Waals surface area (Å²) in [6.45, 7) is 1.16. The second-order valence-corrected chi connectivity index (χ2v) is 1.82. The van der Waals surface area contributed by atoms with Crippen LogP contribution in [-0.4, -0.2) is 17.7 Å². The molecule has 4 heteroatoms. The van der Waals surface area contributed by atoms with E-state index in [0.29, 0.717) is 0 Å². The van der Waals surface area contributed by atoms with Crippen LogP contribution in [0.15, 0.2) is 0 Å². The Morgan fingerprint density at radius 3 is 2.62 bits per heavy atom. The molecule has 0 aliphatic heterocycles. The molecule has 0 fully saturated rings. The van der Waals surface area contributed by atoms with Crippen molar-refractivity contribution in [2.24, 2.45) is 0 Å². The monoisotopic (exact) mass is 184 g/mol. The van der Waals surface area contributed by atoms with Crippen molar-refractivity contribution < 1.29 is 13.9 Å². The van der Waals surface area contributed by atoms with Gasteiger partial charge in [0.2, 0.25) is 0 Å². The molecule has 0 spiro atoms. The fourth-order valence-electron chi connectivity index (χ4n) is 0.212. The van der Waals surface area contributed by atoms with E-state index < -0.39 is 12.3 Å². The van der Waals surface area contributed by atoms with Crippen molar-refractivity contribution in [1.82, 2.24) is 0 Å². The van der Waals surface area contributed by atoms with Crippen LogP contribution in [0.5, 0.6) is 0 Å². The van der Waals surface area contributed by atoms with Crippen molar-refractivity contribution in [3.63, 3.8) is 0 Å². The highest BCUT2D eigenvalue weighted by molar-refractivity contribution is 9.09. The van der Waals surface area contributed by atoms with Gasteiger partial charge in [0.25, 0.3) is 6.36 Å². The summed E-state index contributed by atoms with van der Waals surface area (Å²) in [6, 6.07) is 0. The fraction of sp³-hybridized carbons (Fsp3) is 0.750. The van der Waals surface area contributed by atoms with Crippen LogP contribution in [0.25, 0.3) is 0 Å². The van der Waals surface area contributed by atoms with Gasteiger partial charge in [0, 0.05) is 6.92 Å². The van der Waals surface area contributed by atoms with Crippen LogP contribution in [0.1, 0.15) is 6.92 Å². The first-order valence-electron chi connectivity index (χ1n) is 2.04. The van der Waals surface area contributed by atoms with Crippen molar-refractivity contribution in [1.29, 1.82) is 0 Å². The third-order valence-electron chi connectivity index (χ3n) is 0.415. The molecular weight excluding hydrogens is 179 g/mol. The minimum absolute atomic E-state index is 0.0343. The molecule has 0 amide bonds. The van der Waals surface area contributed by atoms with Gasteiger partial charge in [0.15, 0.2) is 0 Å². The van der Waals surface area contributed by atoms with Crippen LogP contribution < -0.4 is 0 Å². The van der Waals surface area contributed by atoms with Crippen LogP contribution in [0.3, 0.4) is 0 Å². The number of hydrogen-bond acceptors (Lipinski definition) is 2. The van der Waals surface area contributed by atoms with Gasteiger partial charge in [0.1, 0.15) is 0 Å². The average molecular weight is 185 g/mol. The normalized spacial score (nSPS) is 12.9. The lowest BCUT2D eigenvalue weighted by molar-refractivity contribution is -0.152. The third kappa shape index (κ3) is 4.05. The summed E-state index contributed by atoms with van der Waals surface area (Å²) in [5, 5.41) is 0.0343. The predicted octanol–water partition coefficient (Wildman–Crippen LogP) is 1.24. The van der Waals surface area contributed by atoms with Crippen molar-refractivity contribution in [2.45, 2.75) is 13.3 Å². The molecule has 0 aliphatic rings. The molecule has 2 nitrogen and oxygen atoms in total. The van der Waals surface area contributed by atoms with Crippen LogP contribution in [-0.2, 0) is 9.53 Å². The van der Waals surface area contributed by atoms with Crippen LogP contribution in [0, 0.1) is 0 Å². The number of ether oxygens (including phenoxy) is 1. The Balaban J connectivity index is 3.24. The summed E-state index contributed by atoms with van der Waals surface area (Å²) in [6.07, 6.45) is -1.51. The van der Waals surface area contributed by atoms with Gasteiger partial charge in [-0.3, -0.25) is 4.79 Å². The summed E-state index contributed by atoms with van der Waals surface area (Å²) in [5.41, 5.74) is 0. The molecule has 8 heavy (non-hydrogen) atoms. The predicted molar refractivity (Wildman–Crippen MR) is 30.5 cm³/mol. The molecule has 0 N–H and O–H groups in total. The van der Waals surface area contributed by atoms with Gasteiger partial charge in [-0.25, -0.2) is 4.39 Å². The maximum Gasteiger partial charge on any atom is 0.305 e. The molecule has 0 aromatic heterocycles. The Morgan fingerprint density at radius 2 is 2.50 bits per heavy atom. The Kier molecular flexibility index (Phi) is 3.77. The van der Waals surface area contributed by atoms with E-state index in [1.807, 2.05) is 0 Å². The first kappa shape index (κ1) is 7.88. The first-order chi connectivity index (χ1) is 3.66. The zero-order chi connectivity index (χ0) is 6.57. The molecule has 0 heterocycles. The van der Waals surface area contributed by atoms with E-state index in [9.17, 15) is 9.18 Å². The number of halogens is 2. The molecule has 0 aromatic carbocycles. The van der Waals surface area contributed by atoms with Crippen molar-refractivity contribution in [2.75, 3.05) is 5.33 Å². The van der Waals surface area contributed by atoms with Gasteiger partial charge >= 0.3 is 5.97 Å². The Morgan fingerprint density at radius 1 is 2.00 bits per heavy atom. The highest BCUT2D eigenvalue weighted by Crippen LogP contribution is 1.97. The molecule has 0 saturated heterocycles. The molecule has 0 aromatic rings. The molecule has 0 bridgehead atoms. The number of alkyl halides is 2. The number of carbonyl (C=O) groups excluding carboxylic acids is 1. The van der Waals surface area contributed by atoms with Crippen LogP contribution in [0.4, 0.5) is 4.39 Å². The summed E-state index contributed by atoms with van der Waals surface area (Å²) in [4.78, 5) is 9.93. The van der Waals surface area contributed by atoms with E-state index in [1.165, 1.54) is 0 Å². The number of rotatable bonds is 2. The minimum atomic E-state index is -1.51. The molecule has 0 saturated carbocycles. The Bertz CT molecular complexity index is 86.1. The second-order valence-electron chi connectivity index (χ2n) is 1.17. The summed E-state index contributed by atoms with van der Waals surface area (Å²) in [7, 11) is 0. The smallest absolute Gasteiger partial charge is 0.305 e. The summed E-state index contributed by atoms with van der Waals surface area (Å²) >= 11 is 2.79. The number of carbonyl (C=O) groups is 1. The van der Waals surface area contributed by atoms with Gasteiger partial charge < -0.3 is 4.74 Å². The summed E-state index contributed by atoms with van der Waals surface area (Å²) in [5.74, 6) is -0.600. The SMILES string of the molecule is CC(=O)OC(F)CBr. The van der Waals surface area contributed by atoms with Gasteiger partial charge in [0.05, 0.1) is 5.33 Å². The van der Waals surface area contributed by atoms with Gasteiger partial charge in [-0.15, -0.1) is 0 Å². The lowest BCUT2D eigenvalue weighted by Gasteiger charge is -2.01. The molecule has 0 rings (SSSR count). The highest BCUT2D eigenvalue weighted by atomic mass is 79.9. The van der Waals surface area contributed by atoms with Crippen LogP contribution in [0.2, 0.25) is 0 Å². The second kappa shape index (κ2) is 3.83. The third-order valence-corrected chi connectivity index (χ3v) is 0.924. The maximum atomic E-state index is 11.9. The zero-order valence-corrected chi connectivity index (χ0v) is 5.94. The lowest BCUT2D eigenvalue weighted by atomic mass is 10.7. The zero-order valence-electron chi connectivity index (χ0n) is 4.36. The molecule has 48 valence electrons. The Labute approximate surface area is 55.1 Å². The molecule has 1 atom stereocenters. The standard InChI is InChI=1S/C4H6BrFO2/c1-3(7)8-4(6)2-5/h4H,2H2,1H3. The van der Waals surface area contributed by atoms with E-state index in [2.05, 4.69) is 20.7 Å². The fourth-order valence-corrected chi connectivity index (χ4v) is 0.344. The quantitative estimate of drug-likeness (QED) is 0.477. The molecular formula is C4H6BrFO2. The number of esters is 1. The average Bonchev–Trinajstić information content (AvgIpc) is 1.65. The largest absolute Gasteiger partial charge is 0.430 e. The topological polar surface area (TPSA) is 26.3 Å². The molecule has 0 radical (unpaired) electrons. The van der Waals surface area contributed by atoms with E-state index in [-0.39, 0.29) is 5.33 Å². The van der Waals surface area contributed by atoms with E-state index in [1.54, 1.807) is 0 Å². The van der Waals surface area contributed by atoms with Crippen LogP contribution >= 0.6 is 15.9 Å². The molecule has 0 aliphatic carbocycles. The van der Waals surface area contributed by atoms with Crippen molar-refractivity contribution in [3.05, 3.63) is 0 Å². The van der Waals surface area contributed by atoms with Gasteiger partial charge in [-0.05, 0) is 0 Å². The maximum absolute atomic E-state index is 11.9. The Hall–Kier alpha value is -0.120. The lowest BCUT2D eigenvalue weighted by Crippen LogP contribution is -2.11. The van der Waals surface area contributed by atoms with E-state index in [0.717, 1.165) is 6.92 Å². The van der Waals surface area contributed by atoms with E-state index in [4.69, 9.17) is 0 Å². The number of hydrogen-bond donors (Lipinski definition) is 0. The van der Waals surface area contributed by atoms with E-state index >= 15 is 0 Å². The first-order valence-corrected chi connectivity index (χ1v) is 3.16. The van der Waals surface area contributed by atoms with Gasteiger partial charge in [-0.2, -0.15) is 0 Å². The highest BCUT2D eigenvalue weighted by Gasteiger charge is 2.04. The van der Waals surface area contributed by atoms with Gasteiger partial charge in [-0.1, -0.05) is 15.9 Å². The van der Waals surface area contributed by atoms with Crippen molar-refractivity contribution >= 4 is 21.9 Å². The summed E-state index contributed by atoms with van der Waals surface area (Å²) < 4.78 is 15.9.